The van der Waals surface area contributed by atoms with Crippen LogP contribution in [0.15, 0.2) is 107 Å². The average molecular weight is 543 g/mol. The summed E-state index contributed by atoms with van der Waals surface area (Å²) in [5.74, 6) is 0.407. The molecule has 38 heavy (non-hydrogen) atoms. The predicted molar refractivity (Wildman–Crippen MR) is 146 cm³/mol. The van der Waals surface area contributed by atoms with E-state index in [-0.39, 0.29) is 21.3 Å². The van der Waals surface area contributed by atoms with Gasteiger partial charge in [-0.1, -0.05) is 53.6 Å². The molecule has 1 aliphatic rings. The third-order valence-electron chi connectivity index (χ3n) is 6.60. The van der Waals surface area contributed by atoms with Gasteiger partial charge in [-0.25, -0.2) is 0 Å². The van der Waals surface area contributed by atoms with Crippen LogP contribution in [0.3, 0.4) is 0 Å². The van der Waals surface area contributed by atoms with Crippen LogP contribution in [0.1, 0.15) is 11.1 Å². The van der Waals surface area contributed by atoms with Gasteiger partial charge in [-0.3, -0.25) is 0 Å². The van der Waals surface area contributed by atoms with Gasteiger partial charge in [-0.15, -0.1) is 0 Å². The Hall–Kier alpha value is -4.14. The molecule has 0 heterocycles. The molecule has 0 unspecified atom stereocenters. The Morgan fingerprint density at radius 1 is 0.526 bits per heavy atom. The van der Waals surface area contributed by atoms with Gasteiger partial charge in [0.1, 0.15) is 15.5 Å². The van der Waals surface area contributed by atoms with E-state index in [1.807, 2.05) is 44.2 Å². The number of fused-ring (bicyclic) bond motifs is 3. The fourth-order valence-corrected chi connectivity index (χ4v) is 6.56. The molecule has 0 radical (unpaired) electrons. The molecule has 6 rings (SSSR count). The molecular weight excluding hydrogens is 520 g/mol. The summed E-state index contributed by atoms with van der Waals surface area (Å²) in [5.41, 5.74) is 5.32. The van der Waals surface area contributed by atoms with Crippen molar-refractivity contribution >= 4 is 31.0 Å². The monoisotopic (exact) mass is 542 g/mol. The molecule has 1 aliphatic carbocycles. The van der Waals surface area contributed by atoms with E-state index in [9.17, 15) is 16.8 Å². The minimum atomic E-state index is -4.04. The third-order valence-corrected chi connectivity index (χ3v) is 9.11. The van der Waals surface area contributed by atoms with Crippen LogP contribution < -0.4 is 8.37 Å². The van der Waals surface area contributed by atoms with Gasteiger partial charge in [-0.2, -0.15) is 16.8 Å². The standard InChI is InChI=1S/C30H22O6S2/c1-19-6-11-22(12-7-19)37(31,32)35-21-10-15-24-26-16-17-29(27-5-3-4-25(30(26)27)28(24)18-21)36-38(33,34)23-13-8-20(2)9-14-23/h3-18H,1-2H3. The topological polar surface area (TPSA) is 86.7 Å². The van der Waals surface area contributed by atoms with Crippen LogP contribution in [-0.2, 0) is 20.2 Å². The summed E-state index contributed by atoms with van der Waals surface area (Å²) < 4.78 is 62.7. The fourth-order valence-electron chi connectivity index (χ4n) is 4.69. The molecule has 0 aromatic heterocycles. The molecule has 5 aromatic rings. The zero-order valence-corrected chi connectivity index (χ0v) is 22.1. The predicted octanol–water partition coefficient (Wildman–Crippen LogP) is 6.64. The van der Waals surface area contributed by atoms with Gasteiger partial charge in [0.15, 0.2) is 5.75 Å². The van der Waals surface area contributed by atoms with Crippen molar-refractivity contribution in [3.8, 4) is 33.8 Å². The van der Waals surface area contributed by atoms with Gasteiger partial charge >= 0.3 is 20.2 Å². The summed E-state index contributed by atoms with van der Waals surface area (Å²) in [6.07, 6.45) is 0. The Bertz CT molecular complexity index is 1940. The van der Waals surface area contributed by atoms with Crippen molar-refractivity contribution in [2.75, 3.05) is 0 Å². The summed E-state index contributed by atoms with van der Waals surface area (Å²) in [7, 11) is -8.05. The number of hydrogen-bond acceptors (Lipinski definition) is 6. The van der Waals surface area contributed by atoms with E-state index in [2.05, 4.69) is 0 Å². The Balaban J connectivity index is 1.38. The lowest BCUT2D eigenvalue weighted by Gasteiger charge is -2.11. The zero-order chi connectivity index (χ0) is 26.7. The SMILES string of the molecule is Cc1ccc(S(=O)(=O)Oc2ccc3c(c2)-c2cccc4c(OS(=O)(=O)c5ccc(C)cc5)ccc-3c24)cc1. The molecular formula is C30H22O6S2. The van der Waals surface area contributed by atoms with Gasteiger partial charge in [0.2, 0.25) is 0 Å². The highest BCUT2D eigenvalue weighted by atomic mass is 32.2. The Kier molecular flexibility index (Phi) is 5.55. The maximum Gasteiger partial charge on any atom is 0.339 e. The molecule has 6 nitrogen and oxygen atoms in total. The highest BCUT2D eigenvalue weighted by Gasteiger charge is 2.26. The van der Waals surface area contributed by atoms with E-state index in [1.165, 1.54) is 24.3 Å². The second-order valence-corrected chi connectivity index (χ2v) is 12.3. The maximum atomic E-state index is 13.0. The number of rotatable bonds is 6. The van der Waals surface area contributed by atoms with Crippen LogP contribution in [0, 0.1) is 13.8 Å². The van der Waals surface area contributed by atoms with Gasteiger partial charge in [0.05, 0.1) is 0 Å². The van der Waals surface area contributed by atoms with E-state index in [0.717, 1.165) is 38.8 Å². The smallest absolute Gasteiger partial charge is 0.339 e. The maximum absolute atomic E-state index is 13.0. The molecule has 0 atom stereocenters. The molecule has 0 bridgehead atoms. The van der Waals surface area contributed by atoms with Crippen molar-refractivity contribution in [2.45, 2.75) is 23.6 Å². The van der Waals surface area contributed by atoms with Crippen LogP contribution >= 0.6 is 0 Å². The highest BCUT2D eigenvalue weighted by Crippen LogP contribution is 2.50. The largest absolute Gasteiger partial charge is 0.379 e. The first-order valence-corrected chi connectivity index (χ1v) is 14.7. The molecule has 0 aliphatic heterocycles. The summed E-state index contributed by atoms with van der Waals surface area (Å²) in [6.45, 7) is 3.76. The van der Waals surface area contributed by atoms with Gasteiger partial charge in [-0.05, 0) is 90.7 Å². The van der Waals surface area contributed by atoms with Crippen LogP contribution in [0.25, 0.3) is 33.0 Å². The van der Waals surface area contributed by atoms with Gasteiger partial charge in [0.25, 0.3) is 0 Å². The Morgan fingerprint density at radius 2 is 1.08 bits per heavy atom. The van der Waals surface area contributed by atoms with Crippen LogP contribution in [0.5, 0.6) is 11.5 Å². The van der Waals surface area contributed by atoms with E-state index >= 15 is 0 Å². The first-order chi connectivity index (χ1) is 18.1. The van der Waals surface area contributed by atoms with E-state index in [4.69, 9.17) is 8.37 Å². The minimum Gasteiger partial charge on any atom is -0.379 e. The number of hydrogen-bond donors (Lipinski definition) is 0. The first kappa shape index (κ1) is 24.2. The summed E-state index contributed by atoms with van der Waals surface area (Å²) in [6, 6.07) is 27.1. The Labute approximate surface area is 221 Å². The molecule has 0 amide bonds. The van der Waals surface area contributed by atoms with E-state index in [1.54, 1.807) is 42.5 Å². The van der Waals surface area contributed by atoms with E-state index < -0.39 is 20.2 Å². The molecule has 5 aromatic carbocycles. The summed E-state index contributed by atoms with van der Waals surface area (Å²) >= 11 is 0. The summed E-state index contributed by atoms with van der Waals surface area (Å²) in [4.78, 5) is 0.150. The molecule has 0 N–H and O–H groups in total. The highest BCUT2D eigenvalue weighted by molar-refractivity contribution is 7.87. The fraction of sp³-hybridized carbons (Fsp3) is 0.0667. The van der Waals surface area contributed by atoms with Crippen molar-refractivity contribution in [3.63, 3.8) is 0 Å². The van der Waals surface area contributed by atoms with Crippen molar-refractivity contribution in [2.24, 2.45) is 0 Å². The summed E-state index contributed by atoms with van der Waals surface area (Å²) in [5, 5.41) is 1.47. The van der Waals surface area contributed by atoms with Gasteiger partial charge < -0.3 is 8.37 Å². The minimum absolute atomic E-state index is 0.0746. The molecule has 190 valence electrons. The normalized spacial score (nSPS) is 12.4. The van der Waals surface area contributed by atoms with Crippen LogP contribution in [0.2, 0.25) is 0 Å². The van der Waals surface area contributed by atoms with Gasteiger partial charge in [0, 0.05) is 10.8 Å². The van der Waals surface area contributed by atoms with Crippen molar-refractivity contribution in [1.29, 1.82) is 0 Å². The van der Waals surface area contributed by atoms with Crippen molar-refractivity contribution in [3.05, 3.63) is 108 Å². The van der Waals surface area contributed by atoms with E-state index in [0.29, 0.717) is 5.39 Å². The lowest BCUT2D eigenvalue weighted by Crippen LogP contribution is -2.10. The number of aryl methyl sites for hydroxylation is 2. The lowest BCUT2D eigenvalue weighted by atomic mass is 10.0. The molecule has 0 saturated heterocycles. The third kappa shape index (κ3) is 4.12. The molecule has 0 saturated carbocycles. The molecule has 0 fully saturated rings. The second-order valence-electron chi connectivity index (χ2n) is 9.25. The van der Waals surface area contributed by atoms with Crippen molar-refractivity contribution in [1.82, 2.24) is 0 Å². The zero-order valence-electron chi connectivity index (χ0n) is 20.5. The first-order valence-electron chi connectivity index (χ1n) is 11.9. The van der Waals surface area contributed by atoms with Crippen LogP contribution in [0.4, 0.5) is 0 Å². The lowest BCUT2D eigenvalue weighted by molar-refractivity contribution is 0.485. The molecule has 8 heteroatoms. The quantitative estimate of drug-likeness (QED) is 0.219. The van der Waals surface area contributed by atoms with Crippen LogP contribution in [-0.4, -0.2) is 16.8 Å². The second kappa shape index (κ2) is 8.72. The molecule has 0 spiro atoms. The Morgan fingerprint density at radius 3 is 1.71 bits per heavy atom. The average Bonchev–Trinajstić information content (AvgIpc) is 3.20. The van der Waals surface area contributed by atoms with Crippen molar-refractivity contribution < 1.29 is 25.2 Å². The number of benzene rings is 5.